The molecule has 28 heavy (non-hydrogen) atoms. The van der Waals surface area contributed by atoms with Gasteiger partial charge in [-0.05, 0) is 58.2 Å². The second-order valence-electron chi connectivity index (χ2n) is 8.48. The number of halogens is 1. The van der Waals surface area contributed by atoms with Crippen molar-refractivity contribution < 1.29 is 13.9 Å². The second kappa shape index (κ2) is 8.19. The van der Waals surface area contributed by atoms with Gasteiger partial charge < -0.3 is 19.0 Å². The first kappa shape index (κ1) is 20.8. The second-order valence-corrected chi connectivity index (χ2v) is 8.92. The number of benzene rings is 1. The highest BCUT2D eigenvalue weighted by molar-refractivity contribution is 6.31. The highest BCUT2D eigenvalue weighted by Crippen LogP contribution is 2.31. The van der Waals surface area contributed by atoms with Crippen molar-refractivity contribution in [3.63, 3.8) is 0 Å². The summed E-state index contributed by atoms with van der Waals surface area (Å²) in [6.45, 7) is 11.7. The molecular formula is C21H30ClN3O3. The standard InChI is InChI=1S/C21H30ClN3O3/c1-6-7-8-15-11-16(22)12-17-18(15)27-19(23-17)25-10-9-24(13-14(25)2)20(26)28-21(3,4)5/h11-12,14H,6-10,13H2,1-5H3/t14-/m0/s1. The van der Waals surface area contributed by atoms with Gasteiger partial charge in [0.15, 0.2) is 5.58 Å². The lowest BCUT2D eigenvalue weighted by Gasteiger charge is -2.39. The lowest BCUT2D eigenvalue weighted by Crippen LogP contribution is -2.54. The van der Waals surface area contributed by atoms with E-state index >= 15 is 0 Å². The van der Waals surface area contributed by atoms with E-state index in [2.05, 4.69) is 23.7 Å². The predicted octanol–water partition coefficient (Wildman–Crippen LogP) is 5.27. The summed E-state index contributed by atoms with van der Waals surface area (Å²) in [5.74, 6) is 0. The lowest BCUT2D eigenvalue weighted by atomic mass is 10.1. The van der Waals surface area contributed by atoms with Gasteiger partial charge in [-0.1, -0.05) is 24.9 Å². The molecule has 2 aromatic rings. The summed E-state index contributed by atoms with van der Waals surface area (Å²) in [5.41, 5.74) is 2.21. The summed E-state index contributed by atoms with van der Waals surface area (Å²) in [5, 5.41) is 0.682. The van der Waals surface area contributed by atoms with Crippen molar-refractivity contribution in [3.8, 4) is 0 Å². The number of piperazine rings is 1. The van der Waals surface area contributed by atoms with Gasteiger partial charge in [-0.2, -0.15) is 4.98 Å². The zero-order chi connectivity index (χ0) is 20.5. The van der Waals surface area contributed by atoms with Crippen molar-refractivity contribution in [2.45, 2.75) is 65.5 Å². The maximum atomic E-state index is 12.4. The Labute approximate surface area is 171 Å². The smallest absolute Gasteiger partial charge is 0.410 e. The Kier molecular flexibility index (Phi) is 6.08. The first-order valence-electron chi connectivity index (χ1n) is 10.0. The molecule has 0 N–H and O–H groups in total. The number of rotatable bonds is 4. The number of aryl methyl sites for hydroxylation is 1. The zero-order valence-corrected chi connectivity index (χ0v) is 18.2. The van der Waals surface area contributed by atoms with E-state index in [0.29, 0.717) is 30.7 Å². The molecule has 1 aliphatic heterocycles. The molecule has 1 aromatic heterocycles. The molecular weight excluding hydrogens is 378 g/mol. The van der Waals surface area contributed by atoms with E-state index in [1.165, 1.54) is 0 Å². The third-order valence-electron chi connectivity index (χ3n) is 4.85. The molecule has 6 nitrogen and oxygen atoms in total. The first-order valence-corrected chi connectivity index (χ1v) is 10.4. The molecule has 1 aliphatic rings. The van der Waals surface area contributed by atoms with Gasteiger partial charge in [-0.3, -0.25) is 0 Å². The van der Waals surface area contributed by atoms with E-state index in [1.807, 2.05) is 32.9 Å². The van der Waals surface area contributed by atoms with Crippen LogP contribution in [0.2, 0.25) is 5.02 Å². The van der Waals surface area contributed by atoms with Crippen molar-refractivity contribution in [3.05, 3.63) is 22.7 Å². The monoisotopic (exact) mass is 407 g/mol. The van der Waals surface area contributed by atoms with Crippen molar-refractivity contribution in [1.29, 1.82) is 0 Å². The molecule has 1 aromatic carbocycles. The van der Waals surface area contributed by atoms with E-state index in [-0.39, 0.29) is 12.1 Å². The predicted molar refractivity (Wildman–Crippen MR) is 112 cm³/mol. The van der Waals surface area contributed by atoms with Crippen LogP contribution in [0.5, 0.6) is 0 Å². The molecule has 0 aliphatic carbocycles. The molecule has 0 bridgehead atoms. The Balaban J connectivity index is 1.77. The maximum absolute atomic E-state index is 12.4. The lowest BCUT2D eigenvalue weighted by molar-refractivity contribution is 0.0216. The molecule has 1 atom stereocenters. The molecule has 0 saturated carbocycles. The van der Waals surface area contributed by atoms with Crippen LogP contribution < -0.4 is 4.90 Å². The molecule has 0 unspecified atom stereocenters. The Bertz CT molecular complexity index is 843. The molecule has 7 heteroatoms. The van der Waals surface area contributed by atoms with Crippen molar-refractivity contribution in [2.75, 3.05) is 24.5 Å². The fraction of sp³-hybridized carbons (Fsp3) is 0.619. The maximum Gasteiger partial charge on any atom is 0.410 e. The minimum atomic E-state index is -0.494. The van der Waals surface area contributed by atoms with Gasteiger partial charge in [0.05, 0.1) is 0 Å². The average Bonchev–Trinajstić information content (AvgIpc) is 3.01. The molecule has 1 amide bonds. The number of anilines is 1. The number of hydrogen-bond donors (Lipinski definition) is 0. The molecule has 1 saturated heterocycles. The summed E-state index contributed by atoms with van der Waals surface area (Å²) >= 11 is 6.28. The van der Waals surface area contributed by atoms with Gasteiger partial charge in [-0.25, -0.2) is 4.79 Å². The highest BCUT2D eigenvalue weighted by atomic mass is 35.5. The number of aromatic nitrogens is 1. The van der Waals surface area contributed by atoms with Gasteiger partial charge in [0.2, 0.25) is 0 Å². The van der Waals surface area contributed by atoms with Crippen LogP contribution in [0.3, 0.4) is 0 Å². The van der Waals surface area contributed by atoms with E-state index in [9.17, 15) is 4.79 Å². The van der Waals surface area contributed by atoms with Crippen LogP contribution in [-0.2, 0) is 11.2 Å². The minimum absolute atomic E-state index is 0.0731. The van der Waals surface area contributed by atoms with Crippen LogP contribution >= 0.6 is 11.6 Å². The average molecular weight is 408 g/mol. The van der Waals surface area contributed by atoms with E-state index in [4.69, 9.17) is 20.8 Å². The van der Waals surface area contributed by atoms with E-state index in [1.54, 1.807) is 4.90 Å². The number of oxazole rings is 1. The SMILES string of the molecule is CCCCc1cc(Cl)cc2nc(N3CCN(C(=O)OC(C)(C)C)C[C@@H]3C)oc12. The number of nitrogens with zero attached hydrogens (tertiary/aromatic N) is 3. The van der Waals surface area contributed by atoms with Gasteiger partial charge >= 0.3 is 6.09 Å². The van der Waals surface area contributed by atoms with Gasteiger partial charge in [0, 0.05) is 30.7 Å². The molecule has 2 heterocycles. The Morgan fingerprint density at radius 3 is 2.75 bits per heavy atom. The van der Waals surface area contributed by atoms with Crippen LogP contribution in [0.25, 0.3) is 11.1 Å². The topological polar surface area (TPSA) is 58.8 Å². The Morgan fingerprint density at radius 1 is 1.36 bits per heavy atom. The van der Waals surface area contributed by atoms with Crippen molar-refractivity contribution in [1.82, 2.24) is 9.88 Å². The number of carbonyl (C=O) groups is 1. The fourth-order valence-electron chi connectivity index (χ4n) is 3.46. The van der Waals surface area contributed by atoms with E-state index in [0.717, 1.165) is 35.9 Å². The van der Waals surface area contributed by atoms with Crippen molar-refractivity contribution in [2.24, 2.45) is 0 Å². The number of ether oxygens (including phenoxy) is 1. The molecule has 0 spiro atoms. The molecule has 1 fully saturated rings. The minimum Gasteiger partial charge on any atom is -0.444 e. The fourth-order valence-corrected chi connectivity index (χ4v) is 3.70. The van der Waals surface area contributed by atoms with Crippen LogP contribution in [-0.4, -0.2) is 47.3 Å². The normalized spacial score (nSPS) is 18.0. The van der Waals surface area contributed by atoms with Gasteiger partial charge in [0.25, 0.3) is 6.01 Å². The van der Waals surface area contributed by atoms with Crippen LogP contribution in [0.1, 0.15) is 53.0 Å². The Hall–Kier alpha value is -1.95. The summed E-state index contributed by atoms with van der Waals surface area (Å²) in [6, 6.07) is 4.48. The van der Waals surface area contributed by atoms with Gasteiger partial charge in [0.1, 0.15) is 11.1 Å². The van der Waals surface area contributed by atoms with Gasteiger partial charge in [-0.15, -0.1) is 0 Å². The van der Waals surface area contributed by atoms with E-state index < -0.39 is 5.60 Å². The third-order valence-corrected chi connectivity index (χ3v) is 5.06. The largest absolute Gasteiger partial charge is 0.444 e. The Morgan fingerprint density at radius 2 is 2.11 bits per heavy atom. The quantitative estimate of drug-likeness (QED) is 0.690. The number of carbonyl (C=O) groups excluding carboxylic acids is 1. The number of unbranched alkanes of at least 4 members (excludes halogenated alkanes) is 1. The van der Waals surface area contributed by atoms with Crippen LogP contribution in [0.4, 0.5) is 10.8 Å². The summed E-state index contributed by atoms with van der Waals surface area (Å²) in [4.78, 5) is 20.9. The van der Waals surface area contributed by atoms with Crippen LogP contribution in [0, 0.1) is 0 Å². The zero-order valence-electron chi connectivity index (χ0n) is 17.4. The highest BCUT2D eigenvalue weighted by Gasteiger charge is 2.32. The third kappa shape index (κ3) is 4.72. The number of hydrogen-bond acceptors (Lipinski definition) is 5. The molecule has 3 rings (SSSR count). The molecule has 154 valence electrons. The van der Waals surface area contributed by atoms with Crippen LogP contribution in [0.15, 0.2) is 16.5 Å². The number of fused-ring (bicyclic) bond motifs is 1. The number of amides is 1. The first-order chi connectivity index (χ1) is 13.2. The summed E-state index contributed by atoms with van der Waals surface area (Å²) in [6.07, 6.45) is 2.84. The van der Waals surface area contributed by atoms with Crippen molar-refractivity contribution >= 4 is 34.8 Å². The molecule has 0 radical (unpaired) electrons. The summed E-state index contributed by atoms with van der Waals surface area (Å²) < 4.78 is 11.7. The summed E-state index contributed by atoms with van der Waals surface area (Å²) in [7, 11) is 0.